The fourth-order valence-corrected chi connectivity index (χ4v) is 3.09. The van der Waals surface area contributed by atoms with Crippen molar-refractivity contribution in [1.82, 2.24) is 15.3 Å². The average molecular weight is 384 g/mol. The molecule has 0 aliphatic rings. The van der Waals surface area contributed by atoms with Crippen molar-refractivity contribution in [3.8, 4) is 11.5 Å². The maximum atomic E-state index is 12.2. The van der Waals surface area contributed by atoms with Gasteiger partial charge in [0.05, 0.1) is 5.69 Å². The summed E-state index contributed by atoms with van der Waals surface area (Å²) < 4.78 is 11.3. The number of urea groups is 1. The quantitative estimate of drug-likeness (QED) is 0.628. The number of carbonyl (C=O) groups is 1. The summed E-state index contributed by atoms with van der Waals surface area (Å²) in [5, 5.41) is 5.75. The van der Waals surface area contributed by atoms with E-state index in [-0.39, 0.29) is 17.7 Å². The van der Waals surface area contributed by atoms with E-state index in [4.69, 9.17) is 9.15 Å². The molecular weight excluding hydrogens is 360 g/mol. The number of hydrogen-bond acceptors (Lipinski definition) is 5. The first-order chi connectivity index (χ1) is 13.2. The molecule has 3 N–H and O–H groups in total. The minimum absolute atomic E-state index is 0.0180. The van der Waals surface area contributed by atoms with Crippen LogP contribution in [-0.4, -0.2) is 22.0 Å². The first-order valence-electron chi connectivity index (χ1n) is 9.02. The Morgan fingerprint density at radius 1 is 1.14 bits per heavy atom. The first-order valence-corrected chi connectivity index (χ1v) is 9.02. The van der Waals surface area contributed by atoms with Gasteiger partial charge < -0.3 is 19.8 Å². The Balaban J connectivity index is 2.07. The Morgan fingerprint density at radius 2 is 1.86 bits per heavy atom. The second-order valence-electron chi connectivity index (χ2n) is 7.06. The van der Waals surface area contributed by atoms with Gasteiger partial charge in [0.1, 0.15) is 5.75 Å². The molecule has 2 aromatic heterocycles. The number of nitrogens with one attached hydrogen (secondary N) is 3. The number of amides is 2. The largest absolute Gasteiger partial charge is 0.453 e. The van der Waals surface area contributed by atoms with Gasteiger partial charge in [0.15, 0.2) is 11.4 Å². The molecule has 0 aliphatic carbocycles. The van der Waals surface area contributed by atoms with Gasteiger partial charge in [0.25, 0.3) is 0 Å². The molecule has 0 atom stereocenters. The number of ether oxygens (including phenoxy) is 1. The van der Waals surface area contributed by atoms with Crippen LogP contribution in [0.25, 0.3) is 11.2 Å². The van der Waals surface area contributed by atoms with Crippen LogP contribution >= 0.6 is 0 Å². The van der Waals surface area contributed by atoms with Gasteiger partial charge in [0, 0.05) is 23.9 Å². The van der Waals surface area contributed by atoms with Crippen LogP contribution in [0.2, 0.25) is 0 Å². The van der Waals surface area contributed by atoms with E-state index in [2.05, 4.69) is 20.6 Å². The maximum Gasteiger partial charge on any atom is 0.418 e. The predicted molar refractivity (Wildman–Crippen MR) is 107 cm³/mol. The van der Waals surface area contributed by atoms with E-state index in [9.17, 15) is 9.59 Å². The van der Waals surface area contributed by atoms with E-state index in [1.807, 2.05) is 41.5 Å². The lowest BCUT2D eigenvalue weighted by Gasteiger charge is -2.21. The molecule has 8 nitrogen and oxygen atoms in total. The van der Waals surface area contributed by atoms with E-state index < -0.39 is 5.76 Å². The average Bonchev–Trinajstić information content (AvgIpc) is 3.01. The van der Waals surface area contributed by atoms with E-state index >= 15 is 0 Å². The summed E-state index contributed by atoms with van der Waals surface area (Å²) in [7, 11) is 0. The number of carbonyl (C=O) groups excluding carboxylic acids is 1. The number of anilines is 1. The molecule has 3 aromatic rings. The Morgan fingerprint density at radius 3 is 2.54 bits per heavy atom. The van der Waals surface area contributed by atoms with Gasteiger partial charge in [-0.3, -0.25) is 4.98 Å². The van der Waals surface area contributed by atoms with Crippen LogP contribution < -0.4 is 21.1 Å². The number of oxazole rings is 1. The van der Waals surface area contributed by atoms with Gasteiger partial charge in [-0.15, -0.1) is 0 Å². The number of aromatic nitrogens is 2. The highest BCUT2D eigenvalue weighted by molar-refractivity contribution is 5.92. The van der Waals surface area contributed by atoms with Gasteiger partial charge >= 0.3 is 11.8 Å². The Labute approximate surface area is 162 Å². The van der Waals surface area contributed by atoms with Gasteiger partial charge in [-0.05, 0) is 58.2 Å². The molecule has 0 radical (unpaired) electrons. The first kappa shape index (κ1) is 19.5. The van der Waals surface area contributed by atoms with Crippen molar-refractivity contribution in [1.29, 1.82) is 0 Å². The number of fused-ring (bicyclic) bond motifs is 1. The zero-order chi connectivity index (χ0) is 20.6. The summed E-state index contributed by atoms with van der Waals surface area (Å²) in [6.07, 6.45) is 1.53. The van der Waals surface area contributed by atoms with Gasteiger partial charge in [-0.1, -0.05) is 0 Å². The van der Waals surface area contributed by atoms with Gasteiger partial charge in [-0.25, -0.2) is 14.6 Å². The third-order valence-electron chi connectivity index (χ3n) is 4.71. The molecule has 0 saturated carbocycles. The molecule has 1 aromatic carbocycles. The standard InChI is InChI=1S/C20H24N4O4/c1-9(2)22-19(25)23-15-11(4)10(3)12(5)16(13(15)6)27-14-7-8-21-18-17(14)28-20(26)24-18/h7-9H,1-6H3,(H,21,24,26)(H2,22,23,25). The molecule has 148 valence electrons. The fourth-order valence-electron chi connectivity index (χ4n) is 3.09. The molecule has 0 unspecified atom stereocenters. The Kier molecular flexibility index (Phi) is 5.13. The number of rotatable bonds is 4. The third kappa shape index (κ3) is 3.58. The summed E-state index contributed by atoms with van der Waals surface area (Å²) in [5.41, 5.74) is 4.94. The number of benzene rings is 1. The lowest BCUT2D eigenvalue weighted by Crippen LogP contribution is -2.34. The molecule has 8 heteroatoms. The fraction of sp³-hybridized carbons (Fsp3) is 0.350. The van der Waals surface area contributed by atoms with Crippen molar-refractivity contribution < 1.29 is 13.9 Å². The molecule has 28 heavy (non-hydrogen) atoms. The van der Waals surface area contributed by atoms with Crippen molar-refractivity contribution in [2.45, 2.75) is 47.6 Å². The highest BCUT2D eigenvalue weighted by Gasteiger charge is 2.20. The van der Waals surface area contributed by atoms with E-state index in [1.165, 1.54) is 6.20 Å². The minimum Gasteiger partial charge on any atom is -0.453 e. The SMILES string of the molecule is Cc1c(C)c(NC(=O)NC(C)C)c(C)c(Oc2ccnc3[nH]c(=O)oc23)c1C. The van der Waals surface area contributed by atoms with Crippen LogP contribution in [0.3, 0.4) is 0 Å². The third-order valence-corrected chi connectivity index (χ3v) is 4.71. The number of aromatic amines is 1. The van der Waals surface area contributed by atoms with Crippen molar-refractivity contribution in [3.63, 3.8) is 0 Å². The molecule has 2 heterocycles. The number of hydrogen-bond donors (Lipinski definition) is 3. The molecule has 0 fully saturated rings. The van der Waals surface area contributed by atoms with Crippen molar-refractivity contribution in [2.75, 3.05) is 5.32 Å². The molecule has 0 saturated heterocycles. The minimum atomic E-state index is -0.597. The molecule has 0 aliphatic heterocycles. The van der Waals surface area contributed by atoms with Crippen LogP contribution in [0.15, 0.2) is 21.5 Å². The second kappa shape index (κ2) is 7.38. The van der Waals surface area contributed by atoms with Gasteiger partial charge in [-0.2, -0.15) is 0 Å². The summed E-state index contributed by atoms with van der Waals surface area (Å²) in [6, 6.07) is 1.37. The van der Waals surface area contributed by atoms with E-state index in [1.54, 1.807) is 6.07 Å². The van der Waals surface area contributed by atoms with Crippen LogP contribution in [0.4, 0.5) is 10.5 Å². The maximum absolute atomic E-state index is 12.2. The zero-order valence-corrected chi connectivity index (χ0v) is 16.8. The van der Waals surface area contributed by atoms with Crippen molar-refractivity contribution >= 4 is 22.9 Å². The van der Waals surface area contributed by atoms with Crippen LogP contribution in [0.5, 0.6) is 11.5 Å². The summed E-state index contributed by atoms with van der Waals surface area (Å²) >= 11 is 0. The predicted octanol–water partition coefficient (Wildman–Crippen LogP) is 4.07. The van der Waals surface area contributed by atoms with Crippen molar-refractivity contribution in [2.24, 2.45) is 0 Å². The second-order valence-corrected chi connectivity index (χ2v) is 7.06. The van der Waals surface area contributed by atoms with Gasteiger partial charge in [0.2, 0.25) is 5.58 Å². The van der Waals surface area contributed by atoms with Crippen LogP contribution in [-0.2, 0) is 0 Å². The molecule has 0 bridgehead atoms. The van der Waals surface area contributed by atoms with Crippen LogP contribution in [0, 0.1) is 27.7 Å². The zero-order valence-electron chi connectivity index (χ0n) is 16.8. The lowest BCUT2D eigenvalue weighted by molar-refractivity contribution is 0.250. The summed E-state index contributed by atoms with van der Waals surface area (Å²) in [5.74, 6) is 0.370. The highest BCUT2D eigenvalue weighted by atomic mass is 16.5. The highest BCUT2D eigenvalue weighted by Crippen LogP contribution is 2.39. The monoisotopic (exact) mass is 384 g/mol. The molecule has 3 rings (SSSR count). The molecule has 2 amide bonds. The Hall–Kier alpha value is -3.29. The van der Waals surface area contributed by atoms with E-state index in [0.29, 0.717) is 22.8 Å². The van der Waals surface area contributed by atoms with Crippen molar-refractivity contribution in [3.05, 3.63) is 45.1 Å². The summed E-state index contributed by atoms with van der Waals surface area (Å²) in [6.45, 7) is 11.6. The Bertz CT molecular complexity index is 1110. The molecular formula is C20H24N4O4. The normalized spacial score (nSPS) is 11.1. The summed E-state index contributed by atoms with van der Waals surface area (Å²) in [4.78, 5) is 30.3. The number of H-pyrrole nitrogens is 1. The molecule has 0 spiro atoms. The van der Waals surface area contributed by atoms with Crippen LogP contribution in [0.1, 0.15) is 36.1 Å². The van der Waals surface area contributed by atoms with E-state index in [0.717, 1.165) is 22.3 Å². The lowest BCUT2D eigenvalue weighted by atomic mass is 9.97. The number of pyridine rings is 1. The topological polar surface area (TPSA) is 109 Å². The smallest absolute Gasteiger partial charge is 0.418 e. The number of nitrogens with zero attached hydrogens (tertiary/aromatic N) is 1.